The molecule has 7 heteroatoms. The molecule has 1 aromatic rings. The van der Waals surface area contributed by atoms with Gasteiger partial charge in [0, 0.05) is 18.9 Å². The molecule has 6 nitrogen and oxygen atoms in total. The summed E-state index contributed by atoms with van der Waals surface area (Å²) in [6.07, 6.45) is 6.87. The Balaban J connectivity index is 2.30. The highest BCUT2D eigenvalue weighted by Crippen LogP contribution is 2.29. The van der Waals surface area contributed by atoms with E-state index in [1.807, 2.05) is 10.8 Å². The SMILES string of the molecule is CCCn1ccnc1C(NN)C1CCCCS1(=O)=O. The van der Waals surface area contributed by atoms with Gasteiger partial charge in [0.25, 0.3) is 0 Å². The van der Waals surface area contributed by atoms with Crippen LogP contribution in [0.5, 0.6) is 0 Å². The van der Waals surface area contributed by atoms with Crippen LogP contribution >= 0.6 is 0 Å². The third kappa shape index (κ3) is 2.98. The van der Waals surface area contributed by atoms with Gasteiger partial charge in [0.15, 0.2) is 9.84 Å². The maximum absolute atomic E-state index is 12.2. The molecule has 3 N–H and O–H groups in total. The highest BCUT2D eigenvalue weighted by molar-refractivity contribution is 7.92. The minimum absolute atomic E-state index is 0.254. The Labute approximate surface area is 114 Å². The maximum Gasteiger partial charge on any atom is 0.155 e. The Hall–Kier alpha value is -0.920. The highest BCUT2D eigenvalue weighted by atomic mass is 32.2. The first-order valence-corrected chi connectivity index (χ1v) is 8.50. The molecular weight excluding hydrogens is 264 g/mol. The van der Waals surface area contributed by atoms with Crippen molar-refractivity contribution in [1.82, 2.24) is 15.0 Å². The van der Waals surface area contributed by atoms with Crippen LogP contribution < -0.4 is 11.3 Å². The number of nitrogens with one attached hydrogen (secondary N) is 1. The molecular formula is C12H22N4O2S. The van der Waals surface area contributed by atoms with E-state index in [4.69, 9.17) is 5.84 Å². The molecule has 2 rings (SSSR count). The second-order valence-corrected chi connectivity index (χ2v) is 7.36. The number of nitrogens with zero attached hydrogens (tertiary/aromatic N) is 2. The Morgan fingerprint density at radius 2 is 2.37 bits per heavy atom. The molecule has 108 valence electrons. The molecule has 1 fully saturated rings. The van der Waals surface area contributed by atoms with Crippen LogP contribution in [-0.4, -0.2) is 29.0 Å². The number of nitrogens with two attached hydrogens (primary N) is 1. The minimum Gasteiger partial charge on any atom is -0.334 e. The van der Waals surface area contributed by atoms with E-state index in [-0.39, 0.29) is 5.75 Å². The van der Waals surface area contributed by atoms with Crippen LogP contribution in [0.4, 0.5) is 0 Å². The van der Waals surface area contributed by atoms with Crippen LogP contribution in [0.2, 0.25) is 0 Å². The third-order valence-corrected chi connectivity index (χ3v) is 5.96. The largest absolute Gasteiger partial charge is 0.334 e. The minimum atomic E-state index is -3.09. The maximum atomic E-state index is 12.2. The second kappa shape index (κ2) is 6.02. The van der Waals surface area contributed by atoms with Gasteiger partial charge >= 0.3 is 0 Å². The molecule has 0 radical (unpaired) electrons. The van der Waals surface area contributed by atoms with Gasteiger partial charge < -0.3 is 4.57 Å². The lowest BCUT2D eigenvalue weighted by molar-refractivity contribution is 0.424. The van der Waals surface area contributed by atoms with Crippen molar-refractivity contribution in [1.29, 1.82) is 0 Å². The van der Waals surface area contributed by atoms with Gasteiger partial charge in [-0.2, -0.15) is 0 Å². The van der Waals surface area contributed by atoms with Crippen molar-refractivity contribution in [3.8, 4) is 0 Å². The molecule has 0 spiro atoms. The van der Waals surface area contributed by atoms with E-state index >= 15 is 0 Å². The predicted octanol–water partition coefficient (Wildman–Crippen LogP) is 0.765. The van der Waals surface area contributed by atoms with E-state index in [9.17, 15) is 8.42 Å². The lowest BCUT2D eigenvalue weighted by atomic mass is 10.1. The molecule has 1 aliphatic rings. The Bertz CT molecular complexity index is 512. The van der Waals surface area contributed by atoms with Crippen molar-refractivity contribution < 1.29 is 8.42 Å². The van der Waals surface area contributed by atoms with Gasteiger partial charge in [-0.3, -0.25) is 5.84 Å². The molecule has 2 heterocycles. The summed E-state index contributed by atoms with van der Waals surface area (Å²) in [5.74, 6) is 6.59. The van der Waals surface area contributed by atoms with Crippen LogP contribution in [-0.2, 0) is 16.4 Å². The fourth-order valence-electron chi connectivity index (χ4n) is 2.73. The number of hydrazine groups is 1. The third-order valence-electron chi connectivity index (χ3n) is 3.67. The van der Waals surface area contributed by atoms with E-state index in [0.717, 1.165) is 31.6 Å². The summed E-state index contributed by atoms with van der Waals surface area (Å²) in [7, 11) is -3.09. The Kier molecular flexibility index (Phi) is 4.59. The molecule has 2 unspecified atom stereocenters. The lowest BCUT2D eigenvalue weighted by Crippen LogP contribution is -2.44. The van der Waals surface area contributed by atoms with E-state index in [0.29, 0.717) is 6.42 Å². The van der Waals surface area contributed by atoms with Crippen LogP contribution in [0.25, 0.3) is 0 Å². The monoisotopic (exact) mass is 286 g/mol. The van der Waals surface area contributed by atoms with Crippen molar-refractivity contribution in [2.24, 2.45) is 5.84 Å². The van der Waals surface area contributed by atoms with Crippen LogP contribution in [0.3, 0.4) is 0 Å². The average Bonchev–Trinajstić information content (AvgIpc) is 2.81. The summed E-state index contributed by atoms with van der Waals surface area (Å²) in [4.78, 5) is 4.30. The molecule has 0 aromatic carbocycles. The smallest absolute Gasteiger partial charge is 0.155 e. The Morgan fingerprint density at radius 1 is 1.58 bits per heavy atom. The summed E-state index contributed by atoms with van der Waals surface area (Å²) >= 11 is 0. The van der Waals surface area contributed by atoms with Crippen molar-refractivity contribution in [2.45, 2.75) is 50.4 Å². The summed E-state index contributed by atoms with van der Waals surface area (Å²) in [5, 5.41) is -0.468. The van der Waals surface area contributed by atoms with E-state index < -0.39 is 21.1 Å². The average molecular weight is 286 g/mol. The first kappa shape index (κ1) is 14.5. The molecule has 0 bridgehead atoms. The zero-order valence-corrected chi connectivity index (χ0v) is 12.1. The highest BCUT2D eigenvalue weighted by Gasteiger charge is 2.37. The molecule has 1 aromatic heterocycles. The number of aromatic nitrogens is 2. The molecule has 0 saturated carbocycles. The van der Waals surface area contributed by atoms with Crippen LogP contribution in [0.15, 0.2) is 12.4 Å². The van der Waals surface area contributed by atoms with Crippen molar-refractivity contribution in [3.05, 3.63) is 18.2 Å². The van der Waals surface area contributed by atoms with Crippen molar-refractivity contribution in [3.63, 3.8) is 0 Å². The summed E-state index contributed by atoms with van der Waals surface area (Å²) in [5.41, 5.74) is 2.67. The zero-order chi connectivity index (χ0) is 13.9. The molecule has 1 aliphatic heterocycles. The van der Waals surface area contributed by atoms with Crippen LogP contribution in [0, 0.1) is 0 Å². The number of hydrogen-bond donors (Lipinski definition) is 2. The molecule has 2 atom stereocenters. The number of imidazole rings is 1. The van der Waals surface area contributed by atoms with Gasteiger partial charge in [-0.15, -0.1) is 0 Å². The topological polar surface area (TPSA) is 90.0 Å². The first-order valence-electron chi connectivity index (χ1n) is 6.79. The number of hydrogen-bond acceptors (Lipinski definition) is 5. The van der Waals surface area contributed by atoms with E-state index in [2.05, 4.69) is 17.3 Å². The van der Waals surface area contributed by atoms with E-state index in [1.54, 1.807) is 6.20 Å². The van der Waals surface area contributed by atoms with Gasteiger partial charge in [-0.25, -0.2) is 18.8 Å². The predicted molar refractivity (Wildman–Crippen MR) is 74.0 cm³/mol. The second-order valence-electron chi connectivity index (χ2n) is 5.02. The normalized spacial score (nSPS) is 24.2. The zero-order valence-electron chi connectivity index (χ0n) is 11.2. The van der Waals surface area contributed by atoms with Gasteiger partial charge in [0.2, 0.25) is 0 Å². The number of aryl methyl sites for hydroxylation is 1. The molecule has 19 heavy (non-hydrogen) atoms. The number of sulfone groups is 1. The summed E-state index contributed by atoms with van der Waals surface area (Å²) < 4.78 is 26.4. The van der Waals surface area contributed by atoms with Gasteiger partial charge in [0.1, 0.15) is 5.82 Å². The fraction of sp³-hybridized carbons (Fsp3) is 0.750. The van der Waals surface area contributed by atoms with Gasteiger partial charge in [-0.1, -0.05) is 13.3 Å². The summed E-state index contributed by atoms with van der Waals surface area (Å²) in [6.45, 7) is 2.90. The fourth-order valence-corrected chi connectivity index (χ4v) is 4.78. The first-order chi connectivity index (χ1) is 9.10. The molecule has 1 saturated heterocycles. The molecule has 0 amide bonds. The Morgan fingerprint density at radius 3 is 3.00 bits per heavy atom. The lowest BCUT2D eigenvalue weighted by Gasteiger charge is -2.29. The molecule has 0 aliphatic carbocycles. The van der Waals surface area contributed by atoms with Gasteiger partial charge in [-0.05, 0) is 19.3 Å². The van der Waals surface area contributed by atoms with Crippen LogP contribution in [0.1, 0.15) is 44.5 Å². The van der Waals surface area contributed by atoms with E-state index in [1.165, 1.54) is 0 Å². The standard InChI is InChI=1S/C12H22N4O2S/c1-2-7-16-8-6-14-12(16)11(15-13)10-5-3-4-9-19(10,17)18/h6,8,10-11,15H,2-5,7,9,13H2,1H3. The quantitative estimate of drug-likeness (QED) is 0.616. The van der Waals surface area contributed by atoms with Gasteiger partial charge in [0.05, 0.1) is 17.0 Å². The summed E-state index contributed by atoms with van der Waals surface area (Å²) in [6, 6.07) is -0.424. The van der Waals surface area contributed by atoms with Crippen molar-refractivity contribution >= 4 is 9.84 Å². The number of rotatable bonds is 5. The van der Waals surface area contributed by atoms with Crippen molar-refractivity contribution in [2.75, 3.05) is 5.75 Å².